The van der Waals surface area contributed by atoms with Crippen LogP contribution in [0.15, 0.2) is 6.07 Å². The summed E-state index contributed by atoms with van der Waals surface area (Å²) < 4.78 is 5.36. The van der Waals surface area contributed by atoms with Gasteiger partial charge in [-0.25, -0.2) is 4.79 Å². The average molecular weight is 322 g/mol. The topological polar surface area (TPSA) is 32.8 Å². The minimum absolute atomic E-state index is 0.0555. The second kappa shape index (κ2) is 6.69. The lowest BCUT2D eigenvalue weighted by atomic mass is 9.92. The summed E-state index contributed by atoms with van der Waals surface area (Å²) >= 11 is 1.64. The highest BCUT2D eigenvalue weighted by atomic mass is 32.1. The van der Waals surface area contributed by atoms with Crippen molar-refractivity contribution in [1.29, 1.82) is 0 Å². The van der Waals surface area contributed by atoms with E-state index < -0.39 is 0 Å². The van der Waals surface area contributed by atoms with E-state index in [1.54, 1.807) is 11.3 Å². The highest BCUT2D eigenvalue weighted by Gasteiger charge is 2.30. The van der Waals surface area contributed by atoms with Crippen LogP contribution in [0.5, 0.6) is 0 Å². The molecule has 0 bridgehead atoms. The first kappa shape index (κ1) is 16.0. The second-order valence-electron chi connectivity index (χ2n) is 6.69. The molecule has 1 aromatic heterocycles. The second-order valence-corrected chi connectivity index (χ2v) is 7.83. The van der Waals surface area contributed by atoms with Crippen molar-refractivity contribution >= 4 is 17.3 Å². The van der Waals surface area contributed by atoms with Crippen LogP contribution >= 0.6 is 11.3 Å². The highest BCUT2D eigenvalue weighted by molar-refractivity contribution is 7.14. The number of nitrogens with zero attached hydrogens (tertiary/aromatic N) is 2. The number of fused-ring (bicyclic) bond motifs is 1. The van der Waals surface area contributed by atoms with Gasteiger partial charge in [0.05, 0.1) is 6.10 Å². The Balaban J connectivity index is 1.78. The fourth-order valence-corrected chi connectivity index (χ4v) is 4.56. The van der Waals surface area contributed by atoms with Gasteiger partial charge < -0.3 is 9.64 Å². The van der Waals surface area contributed by atoms with Crippen LogP contribution in [0.4, 0.5) is 0 Å². The lowest BCUT2D eigenvalue weighted by Gasteiger charge is -2.39. The Morgan fingerprint density at radius 1 is 1.32 bits per heavy atom. The molecule has 0 radical (unpaired) electrons. The summed E-state index contributed by atoms with van der Waals surface area (Å²) in [5.41, 5.74) is 1.39. The van der Waals surface area contributed by atoms with Crippen molar-refractivity contribution in [2.24, 2.45) is 0 Å². The lowest BCUT2D eigenvalue weighted by Crippen LogP contribution is -2.46. The number of hydrogen-bond acceptors (Lipinski definition) is 5. The van der Waals surface area contributed by atoms with Gasteiger partial charge in [0.15, 0.2) is 0 Å². The number of esters is 1. The SMILES string of the molecule is CC(C)OC(=O)c1cc2c(s1)CCCC2N1CCN(C)CC1. The Labute approximate surface area is 137 Å². The molecule has 2 heterocycles. The number of piperazine rings is 1. The predicted octanol–water partition coefficient (Wildman–Crippen LogP) is 2.94. The van der Waals surface area contributed by atoms with Gasteiger partial charge in [0.25, 0.3) is 0 Å². The van der Waals surface area contributed by atoms with Gasteiger partial charge in [-0.1, -0.05) is 0 Å². The maximum absolute atomic E-state index is 12.2. The van der Waals surface area contributed by atoms with Crippen molar-refractivity contribution in [3.8, 4) is 0 Å². The number of likely N-dealkylation sites (N-methyl/N-ethyl adjacent to an activating group) is 1. The monoisotopic (exact) mass is 322 g/mol. The maximum Gasteiger partial charge on any atom is 0.348 e. The average Bonchev–Trinajstić information content (AvgIpc) is 2.91. The number of rotatable bonds is 3. The van der Waals surface area contributed by atoms with E-state index >= 15 is 0 Å². The van der Waals surface area contributed by atoms with Crippen LogP contribution in [0.1, 0.15) is 52.8 Å². The van der Waals surface area contributed by atoms with Gasteiger partial charge in [0, 0.05) is 37.1 Å². The normalized spacial score (nSPS) is 23.5. The Hall–Kier alpha value is -0.910. The molecule has 3 rings (SSSR count). The Kier molecular flexibility index (Phi) is 4.85. The minimum Gasteiger partial charge on any atom is -0.459 e. The first-order valence-corrected chi connectivity index (χ1v) is 9.12. The highest BCUT2D eigenvalue weighted by Crippen LogP contribution is 2.39. The van der Waals surface area contributed by atoms with Crippen molar-refractivity contribution in [2.75, 3.05) is 33.2 Å². The number of carbonyl (C=O) groups is 1. The maximum atomic E-state index is 12.2. The number of thiophene rings is 1. The predicted molar refractivity (Wildman–Crippen MR) is 89.6 cm³/mol. The van der Waals surface area contributed by atoms with E-state index in [1.165, 1.54) is 23.3 Å². The van der Waals surface area contributed by atoms with Crippen molar-refractivity contribution in [2.45, 2.75) is 45.3 Å². The Morgan fingerprint density at radius 2 is 2.05 bits per heavy atom. The largest absolute Gasteiger partial charge is 0.459 e. The summed E-state index contributed by atoms with van der Waals surface area (Å²) in [5, 5.41) is 0. The van der Waals surface area contributed by atoms with Crippen molar-refractivity contribution in [1.82, 2.24) is 9.80 Å². The van der Waals surface area contributed by atoms with E-state index in [4.69, 9.17) is 4.74 Å². The summed E-state index contributed by atoms with van der Waals surface area (Å²) in [6.07, 6.45) is 3.49. The zero-order valence-electron chi connectivity index (χ0n) is 13.8. The van der Waals surface area contributed by atoms with Crippen LogP contribution in [-0.2, 0) is 11.2 Å². The van der Waals surface area contributed by atoms with Crippen LogP contribution < -0.4 is 0 Å². The van der Waals surface area contributed by atoms with Crippen LogP contribution in [0.2, 0.25) is 0 Å². The summed E-state index contributed by atoms with van der Waals surface area (Å²) in [7, 11) is 2.19. The Bertz CT molecular complexity index is 533. The third-order valence-corrected chi connectivity index (χ3v) is 5.80. The summed E-state index contributed by atoms with van der Waals surface area (Å²) in [6.45, 7) is 8.33. The van der Waals surface area contributed by atoms with E-state index in [0.29, 0.717) is 6.04 Å². The fourth-order valence-electron chi connectivity index (χ4n) is 3.42. The van der Waals surface area contributed by atoms with Crippen molar-refractivity contribution in [3.63, 3.8) is 0 Å². The molecule has 1 aromatic rings. The molecule has 1 unspecified atom stereocenters. The third-order valence-electron chi connectivity index (χ3n) is 4.60. The summed E-state index contributed by atoms with van der Waals surface area (Å²) in [5.74, 6) is -0.161. The fraction of sp³-hybridized carbons (Fsp3) is 0.706. The van der Waals surface area contributed by atoms with Crippen LogP contribution in [0, 0.1) is 0 Å². The molecule has 1 atom stereocenters. The van der Waals surface area contributed by atoms with Crippen LogP contribution in [-0.4, -0.2) is 55.1 Å². The number of carbonyl (C=O) groups excluding carboxylic acids is 1. The van der Waals surface area contributed by atoms with Crippen LogP contribution in [0.25, 0.3) is 0 Å². The molecule has 0 N–H and O–H groups in total. The van der Waals surface area contributed by atoms with Crippen molar-refractivity contribution in [3.05, 3.63) is 21.4 Å². The number of hydrogen-bond donors (Lipinski definition) is 0. The molecule has 122 valence electrons. The quantitative estimate of drug-likeness (QED) is 0.801. The number of ether oxygens (including phenoxy) is 1. The molecule has 22 heavy (non-hydrogen) atoms. The molecular formula is C17H26N2O2S. The van der Waals surface area contributed by atoms with Gasteiger partial charge in [-0.05, 0) is 51.8 Å². The first-order valence-electron chi connectivity index (χ1n) is 8.31. The molecule has 0 saturated carbocycles. The van der Waals surface area contributed by atoms with Gasteiger partial charge in [-0.2, -0.15) is 0 Å². The zero-order valence-corrected chi connectivity index (χ0v) is 14.6. The van der Waals surface area contributed by atoms with E-state index in [1.807, 2.05) is 13.8 Å². The molecule has 1 fully saturated rings. The first-order chi connectivity index (χ1) is 10.5. The standard InChI is InChI=1S/C17H26N2O2S/c1-12(2)21-17(20)16-11-13-14(5-4-6-15(13)22-16)19-9-7-18(3)8-10-19/h11-12,14H,4-10H2,1-3H3. The van der Waals surface area contributed by atoms with E-state index in [2.05, 4.69) is 22.9 Å². The van der Waals surface area contributed by atoms with E-state index in [9.17, 15) is 4.79 Å². The molecule has 0 amide bonds. The van der Waals surface area contributed by atoms with E-state index in [0.717, 1.165) is 37.5 Å². The number of aryl methyl sites for hydroxylation is 1. The molecular weight excluding hydrogens is 296 g/mol. The van der Waals surface area contributed by atoms with Crippen molar-refractivity contribution < 1.29 is 9.53 Å². The zero-order chi connectivity index (χ0) is 15.7. The van der Waals surface area contributed by atoms with E-state index in [-0.39, 0.29) is 12.1 Å². The van der Waals surface area contributed by atoms with Crippen LogP contribution in [0.3, 0.4) is 0 Å². The Morgan fingerprint density at radius 3 is 2.73 bits per heavy atom. The van der Waals surface area contributed by atoms with Gasteiger partial charge in [-0.3, -0.25) is 4.90 Å². The lowest BCUT2D eigenvalue weighted by molar-refractivity contribution is 0.0383. The molecule has 2 aliphatic rings. The smallest absolute Gasteiger partial charge is 0.348 e. The van der Waals surface area contributed by atoms with Gasteiger partial charge in [0.2, 0.25) is 0 Å². The molecule has 1 aliphatic carbocycles. The van der Waals surface area contributed by atoms with Gasteiger partial charge in [-0.15, -0.1) is 11.3 Å². The van der Waals surface area contributed by atoms with Gasteiger partial charge in [0.1, 0.15) is 4.88 Å². The molecule has 0 spiro atoms. The molecule has 1 saturated heterocycles. The summed E-state index contributed by atoms with van der Waals surface area (Å²) in [6, 6.07) is 2.60. The molecule has 0 aromatic carbocycles. The molecule has 4 nitrogen and oxygen atoms in total. The molecule has 5 heteroatoms. The minimum atomic E-state index is -0.161. The molecule has 1 aliphatic heterocycles. The third kappa shape index (κ3) is 3.36. The van der Waals surface area contributed by atoms with Gasteiger partial charge >= 0.3 is 5.97 Å². The summed E-state index contributed by atoms with van der Waals surface area (Å²) in [4.78, 5) is 19.3.